The number of para-hydroxylation sites is 1. The van der Waals surface area contributed by atoms with E-state index in [9.17, 15) is 0 Å². The Morgan fingerprint density at radius 3 is 2.74 bits per heavy atom. The molecule has 0 aromatic heterocycles. The molecule has 0 fully saturated rings. The van der Waals surface area contributed by atoms with Crippen LogP contribution >= 0.6 is 0 Å². The molecule has 2 heteroatoms. The SMILES string of the molecule is CCCNC1CC(C)(C)Oc2c(C(C)C)cccc21. The summed E-state index contributed by atoms with van der Waals surface area (Å²) in [5, 5.41) is 3.67. The lowest BCUT2D eigenvalue weighted by molar-refractivity contribution is 0.0645. The summed E-state index contributed by atoms with van der Waals surface area (Å²) in [6.45, 7) is 12.1. The average Bonchev–Trinajstić information content (AvgIpc) is 2.33. The third kappa shape index (κ3) is 3.11. The Bertz CT molecular complexity index is 437. The van der Waals surface area contributed by atoms with Gasteiger partial charge < -0.3 is 10.1 Å². The van der Waals surface area contributed by atoms with E-state index >= 15 is 0 Å². The Morgan fingerprint density at radius 1 is 1.37 bits per heavy atom. The van der Waals surface area contributed by atoms with E-state index in [1.165, 1.54) is 11.1 Å². The van der Waals surface area contributed by atoms with Crippen LogP contribution in [0.3, 0.4) is 0 Å². The number of hydrogen-bond donors (Lipinski definition) is 1. The van der Waals surface area contributed by atoms with Gasteiger partial charge in [-0.2, -0.15) is 0 Å². The minimum absolute atomic E-state index is 0.0938. The van der Waals surface area contributed by atoms with Gasteiger partial charge in [0.15, 0.2) is 0 Å². The molecule has 1 unspecified atom stereocenters. The molecule has 1 heterocycles. The lowest BCUT2D eigenvalue weighted by atomic mass is 9.86. The van der Waals surface area contributed by atoms with Gasteiger partial charge in [-0.15, -0.1) is 0 Å². The van der Waals surface area contributed by atoms with Crippen molar-refractivity contribution < 1.29 is 4.74 Å². The summed E-state index contributed by atoms with van der Waals surface area (Å²) >= 11 is 0. The fraction of sp³-hybridized carbons (Fsp3) is 0.647. The molecule has 19 heavy (non-hydrogen) atoms. The first-order chi connectivity index (χ1) is 8.94. The predicted molar refractivity (Wildman–Crippen MR) is 80.9 cm³/mol. The molecule has 1 N–H and O–H groups in total. The van der Waals surface area contributed by atoms with Gasteiger partial charge in [0.2, 0.25) is 0 Å². The Kier molecular flexibility index (Phi) is 4.19. The quantitative estimate of drug-likeness (QED) is 0.866. The third-order valence-corrected chi connectivity index (χ3v) is 3.79. The van der Waals surface area contributed by atoms with E-state index in [1.807, 2.05) is 0 Å². The van der Waals surface area contributed by atoms with Crippen LogP contribution in [0.4, 0.5) is 0 Å². The number of nitrogens with one attached hydrogen (secondary N) is 1. The molecule has 1 atom stereocenters. The number of benzene rings is 1. The fourth-order valence-corrected chi connectivity index (χ4v) is 2.84. The molecule has 0 bridgehead atoms. The van der Waals surface area contributed by atoms with E-state index < -0.39 is 0 Å². The van der Waals surface area contributed by atoms with Crippen molar-refractivity contribution in [1.82, 2.24) is 5.32 Å². The van der Waals surface area contributed by atoms with Gasteiger partial charge in [-0.05, 0) is 38.3 Å². The maximum absolute atomic E-state index is 6.28. The van der Waals surface area contributed by atoms with Gasteiger partial charge >= 0.3 is 0 Å². The Hall–Kier alpha value is -1.02. The summed E-state index contributed by atoms with van der Waals surface area (Å²) in [6, 6.07) is 6.99. The van der Waals surface area contributed by atoms with Crippen molar-refractivity contribution in [1.29, 1.82) is 0 Å². The lowest BCUT2D eigenvalue weighted by Crippen LogP contribution is -2.40. The lowest BCUT2D eigenvalue weighted by Gasteiger charge is -2.39. The summed E-state index contributed by atoms with van der Waals surface area (Å²) in [4.78, 5) is 0. The molecule has 0 radical (unpaired) electrons. The maximum Gasteiger partial charge on any atom is 0.128 e. The van der Waals surface area contributed by atoms with Crippen molar-refractivity contribution >= 4 is 0 Å². The molecule has 0 spiro atoms. The van der Waals surface area contributed by atoms with Crippen molar-refractivity contribution in [2.45, 2.75) is 65.0 Å². The molecule has 2 nitrogen and oxygen atoms in total. The Balaban J connectivity index is 2.40. The van der Waals surface area contributed by atoms with E-state index in [1.54, 1.807) is 0 Å². The van der Waals surface area contributed by atoms with Gasteiger partial charge in [-0.3, -0.25) is 0 Å². The Morgan fingerprint density at radius 2 is 2.11 bits per heavy atom. The number of fused-ring (bicyclic) bond motifs is 1. The van der Waals surface area contributed by atoms with Crippen LogP contribution in [0.2, 0.25) is 0 Å². The smallest absolute Gasteiger partial charge is 0.128 e. The molecular weight excluding hydrogens is 234 g/mol. The van der Waals surface area contributed by atoms with Gasteiger partial charge in [0.25, 0.3) is 0 Å². The zero-order valence-electron chi connectivity index (χ0n) is 12.9. The minimum Gasteiger partial charge on any atom is -0.487 e. The van der Waals surface area contributed by atoms with Crippen LogP contribution in [0.5, 0.6) is 5.75 Å². The van der Waals surface area contributed by atoms with Gasteiger partial charge in [0.1, 0.15) is 11.4 Å². The van der Waals surface area contributed by atoms with Crippen molar-refractivity contribution in [3.63, 3.8) is 0 Å². The molecule has 1 aliphatic heterocycles. The summed E-state index contributed by atoms with van der Waals surface area (Å²) in [5.41, 5.74) is 2.57. The second-order valence-electron chi connectivity index (χ2n) is 6.49. The van der Waals surface area contributed by atoms with Crippen LogP contribution in [0.15, 0.2) is 18.2 Å². The highest BCUT2D eigenvalue weighted by Gasteiger charge is 2.34. The van der Waals surface area contributed by atoms with E-state index in [2.05, 4.69) is 58.1 Å². The van der Waals surface area contributed by atoms with Crippen LogP contribution in [-0.2, 0) is 0 Å². The summed E-state index contributed by atoms with van der Waals surface area (Å²) in [5.74, 6) is 1.61. The summed E-state index contributed by atoms with van der Waals surface area (Å²) < 4.78 is 6.28. The van der Waals surface area contributed by atoms with Gasteiger partial charge in [-0.25, -0.2) is 0 Å². The molecule has 1 aromatic rings. The monoisotopic (exact) mass is 261 g/mol. The van der Waals surface area contributed by atoms with E-state index in [0.29, 0.717) is 12.0 Å². The topological polar surface area (TPSA) is 21.3 Å². The molecular formula is C17H27NO. The second-order valence-corrected chi connectivity index (χ2v) is 6.49. The first-order valence-electron chi connectivity index (χ1n) is 7.50. The average molecular weight is 261 g/mol. The Labute approximate surface area is 117 Å². The van der Waals surface area contributed by atoms with Crippen molar-refractivity contribution in [2.24, 2.45) is 0 Å². The molecule has 106 valence electrons. The normalized spacial score (nSPS) is 21.1. The fourth-order valence-electron chi connectivity index (χ4n) is 2.84. The molecule has 0 saturated carbocycles. The van der Waals surface area contributed by atoms with Gasteiger partial charge in [0.05, 0.1) is 0 Å². The zero-order valence-corrected chi connectivity index (χ0v) is 12.9. The second kappa shape index (κ2) is 5.54. The molecule has 0 saturated heterocycles. The predicted octanol–water partition coefficient (Wildman–Crippen LogP) is 4.41. The molecule has 2 rings (SSSR count). The maximum atomic E-state index is 6.28. The number of hydrogen-bond acceptors (Lipinski definition) is 2. The van der Waals surface area contributed by atoms with Crippen LogP contribution in [0, 0.1) is 0 Å². The number of rotatable bonds is 4. The molecule has 1 aromatic carbocycles. The van der Waals surface area contributed by atoms with Crippen LogP contribution < -0.4 is 10.1 Å². The van der Waals surface area contributed by atoms with E-state index in [4.69, 9.17) is 4.74 Å². The molecule has 0 amide bonds. The first-order valence-corrected chi connectivity index (χ1v) is 7.50. The van der Waals surface area contributed by atoms with E-state index in [-0.39, 0.29) is 5.60 Å². The van der Waals surface area contributed by atoms with E-state index in [0.717, 1.165) is 25.1 Å². The zero-order chi connectivity index (χ0) is 14.0. The van der Waals surface area contributed by atoms with Crippen molar-refractivity contribution in [3.05, 3.63) is 29.3 Å². The largest absolute Gasteiger partial charge is 0.487 e. The minimum atomic E-state index is -0.0938. The third-order valence-electron chi connectivity index (χ3n) is 3.79. The highest BCUT2D eigenvalue weighted by molar-refractivity contribution is 5.47. The molecule has 0 aliphatic carbocycles. The summed E-state index contributed by atoms with van der Waals surface area (Å²) in [6.07, 6.45) is 2.19. The van der Waals surface area contributed by atoms with Crippen molar-refractivity contribution in [3.8, 4) is 5.75 Å². The highest BCUT2D eigenvalue weighted by Crippen LogP contribution is 2.43. The van der Waals surface area contributed by atoms with Crippen LogP contribution in [0.1, 0.15) is 70.5 Å². The van der Waals surface area contributed by atoms with Crippen molar-refractivity contribution in [2.75, 3.05) is 6.54 Å². The van der Waals surface area contributed by atoms with Gasteiger partial charge in [0, 0.05) is 18.0 Å². The highest BCUT2D eigenvalue weighted by atomic mass is 16.5. The molecule has 1 aliphatic rings. The van der Waals surface area contributed by atoms with Crippen LogP contribution in [-0.4, -0.2) is 12.1 Å². The van der Waals surface area contributed by atoms with Gasteiger partial charge in [-0.1, -0.05) is 39.0 Å². The van der Waals surface area contributed by atoms with Crippen LogP contribution in [0.25, 0.3) is 0 Å². The standard InChI is InChI=1S/C17H27NO/c1-6-10-18-15-11-17(4,5)19-16-13(12(2)3)8-7-9-14(15)16/h7-9,12,15,18H,6,10-11H2,1-5H3. The summed E-state index contributed by atoms with van der Waals surface area (Å²) in [7, 11) is 0. The number of ether oxygens (including phenoxy) is 1. The first kappa shape index (κ1) is 14.4.